The summed E-state index contributed by atoms with van der Waals surface area (Å²) in [5.41, 5.74) is 1.46. The molecule has 0 saturated heterocycles. The second-order valence-electron chi connectivity index (χ2n) is 5.45. The van der Waals surface area contributed by atoms with Gasteiger partial charge in [0.15, 0.2) is 5.11 Å². The Kier molecular flexibility index (Phi) is 7.01. The molecular weight excluding hydrogens is 368 g/mol. The number of amides is 1. The minimum Gasteiger partial charge on any atom is -0.465 e. The fourth-order valence-corrected chi connectivity index (χ4v) is 2.52. The van der Waals surface area contributed by atoms with E-state index in [1.165, 1.54) is 32.4 Å². The van der Waals surface area contributed by atoms with E-state index in [4.69, 9.17) is 12.2 Å². The summed E-state index contributed by atoms with van der Waals surface area (Å²) < 4.78 is 9.35. The average molecular weight is 386 g/mol. The predicted octanol–water partition coefficient (Wildman–Crippen LogP) is 2.32. The Hall–Kier alpha value is -3.26. The quantitative estimate of drug-likeness (QED) is 0.602. The van der Waals surface area contributed by atoms with E-state index < -0.39 is 11.9 Å². The first-order valence-corrected chi connectivity index (χ1v) is 8.30. The molecule has 0 aromatic heterocycles. The van der Waals surface area contributed by atoms with Gasteiger partial charge in [0, 0.05) is 5.69 Å². The first-order valence-electron chi connectivity index (χ1n) is 7.89. The van der Waals surface area contributed by atoms with Crippen LogP contribution in [0.15, 0.2) is 48.5 Å². The van der Waals surface area contributed by atoms with Crippen LogP contribution in [-0.2, 0) is 20.7 Å². The van der Waals surface area contributed by atoms with Crippen LogP contribution in [0.2, 0.25) is 0 Å². The van der Waals surface area contributed by atoms with E-state index in [0.717, 1.165) is 5.56 Å². The molecule has 2 aromatic rings. The summed E-state index contributed by atoms with van der Waals surface area (Å²) in [6, 6.07) is 13.5. The monoisotopic (exact) mass is 386 g/mol. The lowest BCUT2D eigenvalue weighted by Gasteiger charge is -2.12. The zero-order valence-corrected chi connectivity index (χ0v) is 15.6. The number of nitrogens with one attached hydrogen (secondary N) is 2. The van der Waals surface area contributed by atoms with Gasteiger partial charge < -0.3 is 20.1 Å². The molecule has 0 aliphatic heterocycles. The maximum absolute atomic E-state index is 12.1. The summed E-state index contributed by atoms with van der Waals surface area (Å²) in [6.07, 6.45) is 0.165. The molecule has 0 bridgehead atoms. The van der Waals surface area contributed by atoms with Crippen molar-refractivity contribution in [3.05, 3.63) is 65.2 Å². The number of hydrogen-bond acceptors (Lipinski definition) is 6. The molecule has 0 saturated carbocycles. The van der Waals surface area contributed by atoms with E-state index in [0.29, 0.717) is 5.69 Å². The van der Waals surface area contributed by atoms with E-state index in [-0.39, 0.29) is 28.6 Å². The van der Waals surface area contributed by atoms with Gasteiger partial charge in [-0.2, -0.15) is 0 Å². The highest BCUT2D eigenvalue weighted by atomic mass is 32.1. The van der Waals surface area contributed by atoms with E-state index >= 15 is 0 Å². The van der Waals surface area contributed by atoms with Gasteiger partial charge >= 0.3 is 11.9 Å². The standard InChI is InChI=1S/C19H18N2O5S/c1-25-17(23)13-9-14(18(24)26-2)11-15(10-13)20-19(27)21-16(22)8-12-6-4-3-5-7-12/h3-7,9-11H,8H2,1-2H3,(H2,20,21,22,27). The van der Waals surface area contributed by atoms with Gasteiger partial charge in [0.1, 0.15) is 0 Å². The number of esters is 2. The lowest BCUT2D eigenvalue weighted by atomic mass is 10.1. The molecule has 0 fully saturated rings. The fraction of sp³-hybridized carbons (Fsp3) is 0.158. The van der Waals surface area contributed by atoms with Gasteiger partial charge in [-0.15, -0.1) is 0 Å². The summed E-state index contributed by atoms with van der Waals surface area (Å²) >= 11 is 5.13. The van der Waals surface area contributed by atoms with Crippen molar-refractivity contribution in [2.24, 2.45) is 0 Å². The number of ether oxygens (including phenoxy) is 2. The number of rotatable bonds is 5. The van der Waals surface area contributed by atoms with Gasteiger partial charge in [-0.05, 0) is 36.0 Å². The third kappa shape index (κ3) is 5.89. The molecule has 0 radical (unpaired) electrons. The summed E-state index contributed by atoms with van der Waals surface area (Å²) in [6.45, 7) is 0. The first kappa shape index (κ1) is 20.1. The van der Waals surface area contributed by atoms with Crippen molar-refractivity contribution in [3.63, 3.8) is 0 Å². The molecule has 0 aliphatic rings. The third-order valence-electron chi connectivity index (χ3n) is 3.49. The minimum absolute atomic E-state index is 0.0359. The maximum atomic E-state index is 12.1. The lowest BCUT2D eigenvalue weighted by Crippen LogP contribution is -2.35. The van der Waals surface area contributed by atoms with Crippen LogP contribution >= 0.6 is 12.2 Å². The number of methoxy groups -OCH3 is 2. The molecule has 8 heteroatoms. The fourth-order valence-electron chi connectivity index (χ4n) is 2.29. The highest BCUT2D eigenvalue weighted by molar-refractivity contribution is 7.80. The van der Waals surface area contributed by atoms with Crippen molar-refractivity contribution in [1.29, 1.82) is 0 Å². The summed E-state index contributed by atoms with van der Waals surface area (Å²) in [5, 5.41) is 5.37. The first-order chi connectivity index (χ1) is 12.9. The normalized spacial score (nSPS) is 9.85. The molecule has 2 rings (SSSR count). The van der Waals surface area contributed by atoms with Gasteiger partial charge in [0.2, 0.25) is 5.91 Å². The summed E-state index contributed by atoms with van der Waals surface area (Å²) in [4.78, 5) is 35.7. The Labute approximate surface area is 161 Å². The van der Waals surface area contributed by atoms with Crippen molar-refractivity contribution in [1.82, 2.24) is 5.32 Å². The minimum atomic E-state index is -0.622. The molecule has 7 nitrogen and oxygen atoms in total. The number of thiocarbonyl (C=S) groups is 1. The second kappa shape index (κ2) is 9.44. The smallest absolute Gasteiger partial charge is 0.337 e. The molecule has 2 aromatic carbocycles. The van der Waals surface area contributed by atoms with Crippen LogP contribution in [0.3, 0.4) is 0 Å². The predicted molar refractivity (Wildman–Crippen MR) is 104 cm³/mol. The Morgan fingerprint density at radius 1 is 0.926 bits per heavy atom. The Morgan fingerprint density at radius 3 is 2.00 bits per heavy atom. The summed E-state index contributed by atoms with van der Waals surface area (Å²) in [7, 11) is 2.46. The highest BCUT2D eigenvalue weighted by Crippen LogP contribution is 2.17. The molecule has 140 valence electrons. The van der Waals surface area contributed by atoms with Crippen molar-refractivity contribution in [2.45, 2.75) is 6.42 Å². The Balaban J connectivity index is 2.10. The van der Waals surface area contributed by atoms with E-state index in [9.17, 15) is 14.4 Å². The van der Waals surface area contributed by atoms with Crippen molar-refractivity contribution < 1.29 is 23.9 Å². The molecule has 0 heterocycles. The molecule has 0 aliphatic carbocycles. The van der Waals surface area contributed by atoms with Gasteiger partial charge in [0.25, 0.3) is 0 Å². The molecule has 2 N–H and O–H groups in total. The lowest BCUT2D eigenvalue weighted by molar-refractivity contribution is -0.119. The third-order valence-corrected chi connectivity index (χ3v) is 3.70. The van der Waals surface area contributed by atoms with Crippen molar-refractivity contribution in [2.75, 3.05) is 19.5 Å². The van der Waals surface area contributed by atoms with Gasteiger partial charge in [-0.25, -0.2) is 9.59 Å². The van der Waals surface area contributed by atoms with Crippen LogP contribution in [0.4, 0.5) is 5.69 Å². The van der Waals surface area contributed by atoms with Crippen LogP contribution in [0.1, 0.15) is 26.3 Å². The van der Waals surface area contributed by atoms with E-state index in [1.807, 2.05) is 30.3 Å². The van der Waals surface area contributed by atoms with Crippen LogP contribution in [0.5, 0.6) is 0 Å². The van der Waals surface area contributed by atoms with Crippen LogP contribution in [0.25, 0.3) is 0 Å². The van der Waals surface area contributed by atoms with E-state index in [1.54, 1.807) is 0 Å². The van der Waals surface area contributed by atoms with E-state index in [2.05, 4.69) is 20.1 Å². The largest absolute Gasteiger partial charge is 0.465 e. The van der Waals surface area contributed by atoms with Crippen molar-refractivity contribution >= 4 is 40.9 Å². The Morgan fingerprint density at radius 2 is 1.48 bits per heavy atom. The Bertz CT molecular complexity index is 833. The topological polar surface area (TPSA) is 93.7 Å². The van der Waals surface area contributed by atoms with Crippen LogP contribution in [-0.4, -0.2) is 37.2 Å². The molecule has 27 heavy (non-hydrogen) atoms. The molecule has 0 unspecified atom stereocenters. The molecule has 0 atom stereocenters. The van der Waals surface area contributed by atoms with Crippen LogP contribution in [0, 0.1) is 0 Å². The summed E-state index contributed by atoms with van der Waals surface area (Å²) in [5.74, 6) is -1.54. The highest BCUT2D eigenvalue weighted by Gasteiger charge is 2.15. The number of hydrogen-bond donors (Lipinski definition) is 2. The molecule has 1 amide bonds. The SMILES string of the molecule is COC(=O)c1cc(NC(=S)NC(=O)Cc2ccccc2)cc(C(=O)OC)c1. The van der Waals surface area contributed by atoms with Gasteiger partial charge in [0.05, 0.1) is 31.8 Å². The second-order valence-corrected chi connectivity index (χ2v) is 5.86. The maximum Gasteiger partial charge on any atom is 0.337 e. The van der Waals surface area contributed by atoms with Crippen molar-refractivity contribution in [3.8, 4) is 0 Å². The van der Waals surface area contributed by atoms with Gasteiger partial charge in [-0.3, -0.25) is 4.79 Å². The number of carbonyl (C=O) groups excluding carboxylic acids is 3. The van der Waals surface area contributed by atoms with Crippen LogP contribution < -0.4 is 10.6 Å². The van der Waals surface area contributed by atoms with Gasteiger partial charge in [-0.1, -0.05) is 30.3 Å². The number of anilines is 1. The number of carbonyl (C=O) groups is 3. The number of benzene rings is 2. The average Bonchev–Trinajstić information content (AvgIpc) is 2.66. The zero-order chi connectivity index (χ0) is 19.8. The molecular formula is C19H18N2O5S. The zero-order valence-electron chi connectivity index (χ0n) is 14.8. The molecule has 0 spiro atoms.